The molecule has 0 fully saturated rings. The van der Waals surface area contributed by atoms with Gasteiger partial charge in [0.2, 0.25) is 0 Å². The van der Waals surface area contributed by atoms with Crippen LogP contribution in [0.2, 0.25) is 0 Å². The number of aromatic nitrogens is 1. The average molecular weight is 295 g/mol. The third kappa shape index (κ3) is 2.76. The molecule has 1 aromatic heterocycles. The fourth-order valence-corrected chi connectivity index (χ4v) is 3.47. The minimum absolute atomic E-state index is 1.02. The van der Waals surface area contributed by atoms with Crippen LogP contribution in [-0.2, 0) is 13.1 Å². The molecule has 0 radical (unpaired) electrons. The number of unbranched alkanes of at least 4 members (excludes halogenated alkanes) is 1. The molecule has 2 nitrogen and oxygen atoms in total. The summed E-state index contributed by atoms with van der Waals surface area (Å²) in [5, 5.41) is 2.78. The van der Waals surface area contributed by atoms with Crippen molar-refractivity contribution in [1.29, 1.82) is 0 Å². The zero-order valence-corrected chi connectivity index (χ0v) is 14.0. The second kappa shape index (κ2) is 6.53. The van der Waals surface area contributed by atoms with E-state index >= 15 is 0 Å². The highest BCUT2D eigenvalue weighted by Gasteiger charge is 2.11. The van der Waals surface area contributed by atoms with E-state index in [1.807, 2.05) is 0 Å². The Morgan fingerprint density at radius 1 is 0.955 bits per heavy atom. The Morgan fingerprint density at radius 3 is 2.50 bits per heavy atom. The molecule has 0 saturated carbocycles. The summed E-state index contributed by atoms with van der Waals surface area (Å²) in [7, 11) is 2.30. The van der Waals surface area contributed by atoms with Crippen LogP contribution in [0.4, 0.5) is 0 Å². The van der Waals surface area contributed by atoms with Gasteiger partial charge in [0.25, 0.3) is 0 Å². The fraction of sp³-hybridized carbons (Fsp3) is 0.400. The van der Waals surface area contributed by atoms with Crippen molar-refractivity contribution >= 4 is 21.8 Å². The molecular weight excluding hydrogens is 268 g/mol. The molecule has 0 aliphatic carbocycles. The summed E-state index contributed by atoms with van der Waals surface area (Å²) >= 11 is 0. The number of rotatable bonds is 6. The van der Waals surface area contributed by atoms with E-state index < -0.39 is 0 Å². The largest absolute Gasteiger partial charge is 0.341 e. The number of hydrogen-bond acceptors (Lipinski definition) is 0. The maximum atomic E-state index is 2.42. The highest BCUT2D eigenvalue weighted by molar-refractivity contribution is 6.08. The zero-order valence-electron chi connectivity index (χ0n) is 14.0. The third-order valence-corrected chi connectivity index (χ3v) is 4.62. The Balaban J connectivity index is 2.01. The van der Waals surface area contributed by atoms with Crippen LogP contribution in [0.25, 0.3) is 21.8 Å². The molecular formula is C20H27N2+. The first-order valence-corrected chi connectivity index (χ1v) is 8.55. The van der Waals surface area contributed by atoms with Crippen molar-refractivity contribution in [3.8, 4) is 0 Å². The van der Waals surface area contributed by atoms with Crippen LogP contribution >= 0.6 is 0 Å². The molecule has 1 N–H and O–H groups in total. The van der Waals surface area contributed by atoms with Crippen LogP contribution in [0, 0.1) is 0 Å². The van der Waals surface area contributed by atoms with Gasteiger partial charge in [0, 0.05) is 33.9 Å². The Morgan fingerprint density at radius 2 is 1.73 bits per heavy atom. The molecule has 0 aliphatic rings. The number of nitrogens with one attached hydrogen (secondary N) is 1. The van der Waals surface area contributed by atoms with Crippen molar-refractivity contribution < 1.29 is 4.90 Å². The summed E-state index contributed by atoms with van der Waals surface area (Å²) in [5.41, 5.74) is 4.16. The minimum atomic E-state index is 1.02. The van der Waals surface area contributed by atoms with Crippen molar-refractivity contribution in [2.75, 3.05) is 13.6 Å². The van der Waals surface area contributed by atoms with Gasteiger partial charge >= 0.3 is 0 Å². The van der Waals surface area contributed by atoms with E-state index in [4.69, 9.17) is 0 Å². The monoisotopic (exact) mass is 295 g/mol. The normalized spacial score (nSPS) is 13.0. The second-order valence-electron chi connectivity index (χ2n) is 6.35. The lowest BCUT2D eigenvalue weighted by atomic mass is 10.1. The molecule has 22 heavy (non-hydrogen) atoms. The highest BCUT2D eigenvalue weighted by atomic mass is 15.1. The smallest absolute Gasteiger partial charge is 0.103 e. The zero-order chi connectivity index (χ0) is 15.5. The van der Waals surface area contributed by atoms with Crippen molar-refractivity contribution in [1.82, 2.24) is 4.57 Å². The second-order valence-corrected chi connectivity index (χ2v) is 6.35. The molecule has 0 spiro atoms. The van der Waals surface area contributed by atoms with E-state index in [0.717, 1.165) is 13.1 Å². The van der Waals surface area contributed by atoms with Gasteiger partial charge in [0.05, 0.1) is 13.6 Å². The first-order chi connectivity index (χ1) is 10.7. The predicted octanol–water partition coefficient (Wildman–Crippen LogP) is 3.63. The van der Waals surface area contributed by atoms with Crippen molar-refractivity contribution in [3.63, 3.8) is 0 Å². The first kappa shape index (κ1) is 15.1. The SMILES string of the molecule is CCCC[NH+](C)Cc1ccc2c(c1)c1ccccc1n2CC. The lowest BCUT2D eigenvalue weighted by Gasteiger charge is -2.13. The average Bonchev–Trinajstić information content (AvgIpc) is 2.86. The number of fused-ring (bicyclic) bond motifs is 3. The van der Waals surface area contributed by atoms with E-state index in [9.17, 15) is 0 Å². The molecule has 2 heteroatoms. The van der Waals surface area contributed by atoms with E-state index in [-0.39, 0.29) is 0 Å². The molecule has 3 aromatic rings. The highest BCUT2D eigenvalue weighted by Crippen LogP contribution is 2.29. The van der Waals surface area contributed by atoms with Gasteiger partial charge in [0.1, 0.15) is 6.54 Å². The van der Waals surface area contributed by atoms with Gasteiger partial charge in [-0.25, -0.2) is 0 Å². The molecule has 1 heterocycles. The van der Waals surface area contributed by atoms with Gasteiger partial charge in [-0.05, 0) is 31.5 Å². The van der Waals surface area contributed by atoms with Crippen LogP contribution in [-0.4, -0.2) is 18.2 Å². The molecule has 3 rings (SSSR count). The molecule has 1 atom stereocenters. The summed E-state index contributed by atoms with van der Waals surface area (Å²) in [6, 6.07) is 15.8. The van der Waals surface area contributed by atoms with Gasteiger partial charge in [-0.2, -0.15) is 0 Å². The van der Waals surface area contributed by atoms with Crippen LogP contribution < -0.4 is 4.90 Å². The van der Waals surface area contributed by atoms with Crippen molar-refractivity contribution in [2.45, 2.75) is 39.8 Å². The Hall–Kier alpha value is -1.80. The lowest BCUT2D eigenvalue weighted by Crippen LogP contribution is -3.07. The van der Waals surface area contributed by atoms with Crippen LogP contribution in [0.3, 0.4) is 0 Å². The molecule has 0 saturated heterocycles. The maximum Gasteiger partial charge on any atom is 0.103 e. The molecule has 0 aliphatic heterocycles. The van der Waals surface area contributed by atoms with E-state index in [0.29, 0.717) is 0 Å². The van der Waals surface area contributed by atoms with Crippen molar-refractivity contribution in [2.24, 2.45) is 0 Å². The minimum Gasteiger partial charge on any atom is -0.341 e. The van der Waals surface area contributed by atoms with Gasteiger partial charge in [0.15, 0.2) is 0 Å². The molecule has 116 valence electrons. The van der Waals surface area contributed by atoms with E-state index in [1.165, 1.54) is 46.8 Å². The third-order valence-electron chi connectivity index (χ3n) is 4.62. The van der Waals surface area contributed by atoms with E-state index in [1.54, 1.807) is 4.90 Å². The number of nitrogens with zero attached hydrogens (tertiary/aromatic N) is 1. The number of aryl methyl sites for hydroxylation is 1. The molecule has 0 amide bonds. The van der Waals surface area contributed by atoms with E-state index in [2.05, 4.69) is 67.9 Å². The summed E-state index contributed by atoms with van der Waals surface area (Å²) < 4.78 is 2.42. The van der Waals surface area contributed by atoms with Gasteiger partial charge in [-0.3, -0.25) is 0 Å². The van der Waals surface area contributed by atoms with Crippen molar-refractivity contribution in [3.05, 3.63) is 48.0 Å². The number of para-hydroxylation sites is 1. The molecule has 0 bridgehead atoms. The number of quaternary nitrogens is 1. The van der Waals surface area contributed by atoms with Crippen LogP contribution in [0.15, 0.2) is 42.5 Å². The molecule has 2 aromatic carbocycles. The molecule has 1 unspecified atom stereocenters. The summed E-state index contributed by atoms with van der Waals surface area (Å²) in [4.78, 5) is 1.60. The standard InChI is InChI=1S/C20H26N2/c1-4-6-13-21(3)15-16-11-12-20-18(14-16)17-9-7-8-10-19(17)22(20)5-2/h7-12,14H,4-6,13,15H2,1-3H3/p+1. The van der Waals surface area contributed by atoms with Crippen LogP contribution in [0.1, 0.15) is 32.3 Å². The number of hydrogen-bond donors (Lipinski definition) is 1. The topological polar surface area (TPSA) is 9.37 Å². The van der Waals surface area contributed by atoms with Crippen LogP contribution in [0.5, 0.6) is 0 Å². The summed E-state index contributed by atoms with van der Waals surface area (Å²) in [5.74, 6) is 0. The van der Waals surface area contributed by atoms with Gasteiger partial charge < -0.3 is 9.47 Å². The van der Waals surface area contributed by atoms with Gasteiger partial charge in [-0.15, -0.1) is 0 Å². The summed E-state index contributed by atoms with van der Waals surface area (Å²) in [6.07, 6.45) is 2.59. The van der Waals surface area contributed by atoms with Gasteiger partial charge in [-0.1, -0.05) is 37.6 Å². The quantitative estimate of drug-likeness (QED) is 0.711. The fourth-order valence-electron chi connectivity index (χ4n) is 3.47. The maximum absolute atomic E-state index is 2.42. The Bertz CT molecular complexity index is 770. The lowest BCUT2D eigenvalue weighted by molar-refractivity contribution is -0.894. The predicted molar refractivity (Wildman–Crippen MR) is 95.5 cm³/mol. The summed E-state index contributed by atoms with van der Waals surface area (Å²) in [6.45, 7) is 7.87. The first-order valence-electron chi connectivity index (χ1n) is 8.55. The number of benzene rings is 2. The Labute approximate surface area is 133 Å². The Kier molecular flexibility index (Phi) is 4.49.